The van der Waals surface area contributed by atoms with Gasteiger partial charge in [-0.05, 0) is 62.2 Å². The van der Waals surface area contributed by atoms with Crippen molar-refractivity contribution in [2.75, 3.05) is 5.32 Å². The molecule has 0 aliphatic heterocycles. The third-order valence-corrected chi connectivity index (χ3v) is 3.64. The molecule has 0 atom stereocenters. The highest BCUT2D eigenvalue weighted by molar-refractivity contribution is 9.11. The molecule has 18 heavy (non-hydrogen) atoms. The Bertz CT molecular complexity index is 635. The van der Waals surface area contributed by atoms with Crippen LogP contribution < -0.4 is 5.32 Å². The topological polar surface area (TPSA) is 35.8 Å². The maximum atomic E-state index is 13.0. The molecule has 0 aliphatic carbocycles. The number of anilines is 2. The molecule has 2 aromatic rings. The van der Waals surface area contributed by atoms with E-state index in [0.717, 1.165) is 0 Å². The van der Waals surface area contributed by atoms with Crippen molar-refractivity contribution in [1.82, 2.24) is 0 Å². The lowest BCUT2D eigenvalue weighted by Gasteiger charge is -2.10. The molecule has 0 spiro atoms. The summed E-state index contributed by atoms with van der Waals surface area (Å²) in [7, 11) is 0. The van der Waals surface area contributed by atoms with Gasteiger partial charge in [0.15, 0.2) is 0 Å². The number of hydrogen-bond donors (Lipinski definition) is 1. The molecular formula is C13H7Br2FN2. The molecule has 1 N–H and O–H groups in total. The minimum Gasteiger partial charge on any atom is -0.353 e. The lowest BCUT2D eigenvalue weighted by atomic mass is 10.2. The zero-order chi connectivity index (χ0) is 13.1. The number of hydrogen-bond acceptors (Lipinski definition) is 2. The van der Waals surface area contributed by atoms with E-state index in [0.29, 0.717) is 25.9 Å². The van der Waals surface area contributed by atoms with Crippen molar-refractivity contribution in [2.45, 2.75) is 0 Å². The molecule has 90 valence electrons. The maximum Gasteiger partial charge on any atom is 0.124 e. The van der Waals surface area contributed by atoms with Crippen LogP contribution in [0, 0.1) is 17.1 Å². The molecule has 0 bridgehead atoms. The van der Waals surface area contributed by atoms with E-state index in [-0.39, 0.29) is 5.82 Å². The minimum atomic E-state index is -0.317. The summed E-state index contributed by atoms with van der Waals surface area (Å²) < 4.78 is 14.3. The van der Waals surface area contributed by atoms with Gasteiger partial charge in [-0.2, -0.15) is 5.26 Å². The van der Waals surface area contributed by atoms with Crippen LogP contribution in [0.15, 0.2) is 45.3 Å². The molecule has 0 aromatic heterocycles. The van der Waals surface area contributed by atoms with Gasteiger partial charge in [-0.3, -0.25) is 0 Å². The fourth-order valence-electron chi connectivity index (χ4n) is 1.48. The standard InChI is InChI=1S/C13H7Br2FN2/c14-10-2-1-3-12(9(10)7-17)18-13-5-4-8(16)6-11(13)15/h1-6,18H. The summed E-state index contributed by atoms with van der Waals surface area (Å²) >= 11 is 6.59. The number of nitriles is 1. The van der Waals surface area contributed by atoms with E-state index in [1.54, 1.807) is 18.2 Å². The molecular weight excluding hydrogens is 363 g/mol. The first-order valence-corrected chi connectivity index (χ1v) is 6.61. The van der Waals surface area contributed by atoms with Gasteiger partial charge >= 0.3 is 0 Å². The number of rotatable bonds is 2. The third kappa shape index (κ3) is 2.71. The Kier molecular flexibility index (Phi) is 4.00. The van der Waals surface area contributed by atoms with E-state index in [1.165, 1.54) is 12.1 Å². The predicted octanol–water partition coefficient (Wildman–Crippen LogP) is 4.97. The molecule has 0 aliphatic rings. The number of benzene rings is 2. The smallest absolute Gasteiger partial charge is 0.124 e. The van der Waals surface area contributed by atoms with Crippen LogP contribution in [0.25, 0.3) is 0 Å². The summed E-state index contributed by atoms with van der Waals surface area (Å²) in [4.78, 5) is 0. The van der Waals surface area contributed by atoms with Crippen molar-refractivity contribution >= 4 is 43.2 Å². The Morgan fingerprint density at radius 3 is 2.50 bits per heavy atom. The molecule has 5 heteroatoms. The molecule has 0 radical (unpaired) electrons. The molecule has 0 saturated carbocycles. The van der Waals surface area contributed by atoms with Crippen LogP contribution in [-0.4, -0.2) is 0 Å². The summed E-state index contributed by atoms with van der Waals surface area (Å²) in [6.07, 6.45) is 0. The van der Waals surface area contributed by atoms with Crippen LogP contribution in [0.3, 0.4) is 0 Å². The van der Waals surface area contributed by atoms with E-state index in [9.17, 15) is 4.39 Å². The van der Waals surface area contributed by atoms with Crippen LogP contribution in [-0.2, 0) is 0 Å². The van der Waals surface area contributed by atoms with Crippen LogP contribution in [0.5, 0.6) is 0 Å². The maximum absolute atomic E-state index is 13.0. The molecule has 2 nitrogen and oxygen atoms in total. The zero-order valence-electron chi connectivity index (χ0n) is 9.05. The lowest BCUT2D eigenvalue weighted by molar-refractivity contribution is 0.627. The van der Waals surface area contributed by atoms with Gasteiger partial charge in [0.1, 0.15) is 11.9 Å². The van der Waals surface area contributed by atoms with Crippen LogP contribution in [0.4, 0.5) is 15.8 Å². The SMILES string of the molecule is N#Cc1c(Br)cccc1Nc1ccc(F)cc1Br. The van der Waals surface area contributed by atoms with Gasteiger partial charge in [0.2, 0.25) is 0 Å². The normalized spacial score (nSPS) is 9.89. The Hall–Kier alpha value is -1.38. The quantitative estimate of drug-likeness (QED) is 0.811. The average molecular weight is 370 g/mol. The van der Waals surface area contributed by atoms with Crippen molar-refractivity contribution < 1.29 is 4.39 Å². The lowest BCUT2D eigenvalue weighted by Crippen LogP contribution is -1.95. The summed E-state index contributed by atoms with van der Waals surface area (Å²) in [5.74, 6) is -0.317. The van der Waals surface area contributed by atoms with Crippen molar-refractivity contribution in [3.63, 3.8) is 0 Å². The fraction of sp³-hybridized carbons (Fsp3) is 0. The number of halogens is 3. The summed E-state index contributed by atoms with van der Waals surface area (Å²) in [5, 5.41) is 12.2. The molecule has 0 heterocycles. The van der Waals surface area contributed by atoms with E-state index < -0.39 is 0 Å². The molecule has 2 rings (SSSR count). The minimum absolute atomic E-state index is 0.317. The highest BCUT2D eigenvalue weighted by Gasteiger charge is 2.08. The van der Waals surface area contributed by atoms with E-state index in [4.69, 9.17) is 5.26 Å². The monoisotopic (exact) mass is 368 g/mol. The molecule has 0 saturated heterocycles. The third-order valence-electron chi connectivity index (χ3n) is 2.33. The Labute approximate surface area is 121 Å². The van der Waals surface area contributed by atoms with Crippen molar-refractivity contribution in [3.8, 4) is 6.07 Å². The van der Waals surface area contributed by atoms with Crippen molar-refractivity contribution in [2.24, 2.45) is 0 Å². The van der Waals surface area contributed by atoms with E-state index in [2.05, 4.69) is 43.2 Å². The van der Waals surface area contributed by atoms with E-state index in [1.807, 2.05) is 6.07 Å². The zero-order valence-corrected chi connectivity index (χ0v) is 12.2. The van der Waals surface area contributed by atoms with Gasteiger partial charge < -0.3 is 5.32 Å². The summed E-state index contributed by atoms with van der Waals surface area (Å²) in [5.41, 5.74) is 1.87. The van der Waals surface area contributed by atoms with Gasteiger partial charge in [0.05, 0.1) is 16.9 Å². The second-order valence-electron chi connectivity index (χ2n) is 3.52. The first-order valence-electron chi connectivity index (χ1n) is 5.02. The van der Waals surface area contributed by atoms with Gasteiger partial charge in [0, 0.05) is 8.95 Å². The van der Waals surface area contributed by atoms with Gasteiger partial charge in [-0.15, -0.1) is 0 Å². The Morgan fingerprint density at radius 1 is 1.06 bits per heavy atom. The van der Waals surface area contributed by atoms with Gasteiger partial charge in [-0.1, -0.05) is 6.07 Å². The number of nitrogens with one attached hydrogen (secondary N) is 1. The summed E-state index contributed by atoms with van der Waals surface area (Å²) in [6, 6.07) is 11.9. The Balaban J connectivity index is 2.41. The second-order valence-corrected chi connectivity index (χ2v) is 5.23. The molecule has 0 amide bonds. The molecule has 0 unspecified atom stereocenters. The highest BCUT2D eigenvalue weighted by atomic mass is 79.9. The van der Waals surface area contributed by atoms with Crippen molar-refractivity contribution in [1.29, 1.82) is 5.26 Å². The largest absolute Gasteiger partial charge is 0.353 e. The van der Waals surface area contributed by atoms with Gasteiger partial charge in [0.25, 0.3) is 0 Å². The predicted molar refractivity (Wildman–Crippen MR) is 76.2 cm³/mol. The first-order chi connectivity index (χ1) is 8.61. The Morgan fingerprint density at radius 2 is 1.83 bits per heavy atom. The molecule has 0 fully saturated rings. The van der Waals surface area contributed by atoms with E-state index >= 15 is 0 Å². The average Bonchev–Trinajstić information content (AvgIpc) is 2.33. The highest BCUT2D eigenvalue weighted by Crippen LogP contribution is 2.30. The fourth-order valence-corrected chi connectivity index (χ4v) is 2.38. The number of nitrogens with zero attached hydrogens (tertiary/aromatic N) is 1. The van der Waals surface area contributed by atoms with Gasteiger partial charge in [-0.25, -0.2) is 4.39 Å². The van der Waals surface area contributed by atoms with Crippen LogP contribution >= 0.6 is 31.9 Å². The summed E-state index contributed by atoms with van der Waals surface area (Å²) in [6.45, 7) is 0. The first kappa shape index (κ1) is 13.1. The molecule has 2 aromatic carbocycles. The van der Waals surface area contributed by atoms with Crippen molar-refractivity contribution in [3.05, 3.63) is 56.7 Å². The second kappa shape index (κ2) is 5.51. The van der Waals surface area contributed by atoms with Crippen LogP contribution in [0.1, 0.15) is 5.56 Å². The van der Waals surface area contributed by atoms with Crippen LogP contribution in [0.2, 0.25) is 0 Å².